The van der Waals surface area contributed by atoms with Crippen LogP contribution in [0.2, 0.25) is 0 Å². The van der Waals surface area contributed by atoms with E-state index in [1.165, 1.54) is 5.54 Å². The van der Waals surface area contributed by atoms with Gasteiger partial charge in [-0.25, -0.2) is 0 Å². The maximum absolute atomic E-state index is 5.30. The molecule has 0 aliphatic carbocycles. The number of rotatable bonds is 5. The summed E-state index contributed by atoms with van der Waals surface area (Å²) in [5.74, 6) is 0. The first kappa shape index (κ1) is 9.73. The van der Waals surface area contributed by atoms with Crippen LogP contribution in [-0.4, -0.2) is 13.1 Å². The van der Waals surface area contributed by atoms with Gasteiger partial charge in [0.2, 0.25) is 0 Å². The highest BCUT2D eigenvalue weighted by Crippen LogP contribution is 1.78. The van der Waals surface area contributed by atoms with Crippen LogP contribution in [0.3, 0.4) is 0 Å². The second-order valence-corrected chi connectivity index (χ2v) is 2.15. The van der Waals surface area contributed by atoms with Crippen molar-refractivity contribution < 1.29 is 0 Å². The van der Waals surface area contributed by atoms with Gasteiger partial charge in [0.1, 0.15) is 0 Å². The van der Waals surface area contributed by atoms with Crippen LogP contribution in [-0.2, 0) is 0 Å². The van der Waals surface area contributed by atoms with E-state index in [2.05, 4.69) is 24.4 Å². The fourth-order valence-corrected chi connectivity index (χ4v) is 0.634. The maximum Gasteiger partial charge on any atom is 0.0149 e. The minimum Gasteiger partial charge on any atom is -0.310 e. The average molecular weight is 160 g/mol. The summed E-state index contributed by atoms with van der Waals surface area (Å²) < 4.78 is 0. The van der Waals surface area contributed by atoms with Crippen molar-refractivity contribution >= 4 is 11.6 Å². The molecule has 0 aliphatic rings. The molecule has 0 aromatic rings. The lowest BCUT2D eigenvalue weighted by Gasteiger charge is -1.92. The molecule has 0 rings (SSSR count). The second-order valence-electron chi connectivity index (χ2n) is 1.90. The number of allylic oxidation sites excluding steroid dienone is 1. The Morgan fingerprint density at radius 2 is 1.90 bits per heavy atom. The molecule has 0 radical (unpaired) electrons. The van der Waals surface area contributed by atoms with E-state index >= 15 is 0 Å². The van der Waals surface area contributed by atoms with Gasteiger partial charge in [-0.3, -0.25) is 0 Å². The van der Waals surface area contributed by atoms with Crippen molar-refractivity contribution in [3.05, 3.63) is 23.8 Å². The molecule has 0 amide bonds. The monoisotopic (exact) mass is 159 g/mol. The quantitative estimate of drug-likeness (QED) is 0.480. The Morgan fingerprint density at radius 1 is 1.20 bits per heavy atom. The van der Waals surface area contributed by atoms with Crippen molar-refractivity contribution in [3.8, 4) is 0 Å². The van der Waals surface area contributed by atoms with E-state index in [0.29, 0.717) is 0 Å². The molecular weight excluding hydrogens is 146 g/mol. The summed E-state index contributed by atoms with van der Waals surface area (Å²) in [6.45, 7) is 3.89. The number of nitrogens with one attached hydrogen (secondary N) is 1. The van der Waals surface area contributed by atoms with Crippen molar-refractivity contribution in [2.45, 2.75) is 13.3 Å². The van der Waals surface area contributed by atoms with Crippen molar-refractivity contribution in [3.63, 3.8) is 0 Å². The summed E-state index contributed by atoms with van der Waals surface area (Å²) in [7, 11) is 0. The van der Waals surface area contributed by atoms with Gasteiger partial charge in [0, 0.05) is 18.6 Å². The van der Waals surface area contributed by atoms with Gasteiger partial charge in [0.15, 0.2) is 0 Å². The third kappa shape index (κ3) is 7.73. The van der Waals surface area contributed by atoms with Gasteiger partial charge in [0.05, 0.1) is 0 Å². The third-order valence-corrected chi connectivity index (χ3v) is 1.19. The highest BCUT2D eigenvalue weighted by molar-refractivity contribution is 6.25. The molecule has 0 saturated carbocycles. The van der Waals surface area contributed by atoms with Crippen LogP contribution in [0.25, 0.3) is 0 Å². The van der Waals surface area contributed by atoms with Crippen molar-refractivity contribution in [2.75, 3.05) is 13.1 Å². The Kier molecular flexibility index (Phi) is 8.49. The molecule has 0 aromatic heterocycles. The third-order valence-electron chi connectivity index (χ3n) is 1.02. The Labute approximate surface area is 67.8 Å². The predicted octanol–water partition coefficient (Wildman–Crippen LogP) is 2.29. The summed E-state index contributed by atoms with van der Waals surface area (Å²) in [4.78, 5) is 0. The molecule has 1 N–H and O–H groups in total. The average Bonchev–Trinajstić information content (AvgIpc) is 1.97. The molecule has 0 spiro atoms. The molecule has 2 heteroatoms. The summed E-state index contributed by atoms with van der Waals surface area (Å²) in [6.07, 6.45) is 7.23. The van der Waals surface area contributed by atoms with E-state index in [0.717, 1.165) is 19.5 Å². The van der Waals surface area contributed by atoms with Crippen LogP contribution in [0.1, 0.15) is 13.3 Å². The molecule has 0 aromatic carbocycles. The highest BCUT2D eigenvalue weighted by atomic mass is 35.5. The molecule has 0 fully saturated rings. The minimum atomic E-state index is 0.845. The predicted molar refractivity (Wildman–Crippen MR) is 47.3 cm³/mol. The minimum absolute atomic E-state index is 0.845. The molecule has 0 aliphatic heterocycles. The molecule has 58 valence electrons. The lowest BCUT2D eigenvalue weighted by Crippen LogP contribution is -2.12. The molecule has 0 bridgehead atoms. The lowest BCUT2D eigenvalue weighted by atomic mass is 10.4. The van der Waals surface area contributed by atoms with E-state index in [1.807, 2.05) is 6.08 Å². The first-order chi connectivity index (χ1) is 4.91. The van der Waals surface area contributed by atoms with Crippen LogP contribution >= 0.6 is 11.6 Å². The number of hydrogen-bond donors (Lipinski definition) is 1. The van der Waals surface area contributed by atoms with Gasteiger partial charge < -0.3 is 5.32 Å². The molecular formula is C8H14ClN. The standard InChI is InChI=1S/C8H14ClN/c1-2-3-4-7-10-8-5-6-9/h3-6,10H,2,7-8H2,1H3/b4-3+,6-5+. The van der Waals surface area contributed by atoms with Gasteiger partial charge in [0.25, 0.3) is 0 Å². The fourth-order valence-electron chi connectivity index (χ4n) is 0.545. The summed E-state index contributed by atoms with van der Waals surface area (Å²) in [5, 5.41) is 3.16. The second kappa shape index (κ2) is 8.73. The summed E-state index contributed by atoms with van der Waals surface area (Å²) in [5.41, 5.74) is 1.52. The zero-order chi connectivity index (χ0) is 7.66. The Hall–Kier alpha value is -0.270. The summed E-state index contributed by atoms with van der Waals surface area (Å²) >= 11 is 5.30. The van der Waals surface area contributed by atoms with E-state index in [-0.39, 0.29) is 0 Å². The normalized spacial score (nSPS) is 11.8. The fraction of sp³-hybridized carbons (Fsp3) is 0.500. The molecule has 10 heavy (non-hydrogen) atoms. The van der Waals surface area contributed by atoms with Gasteiger partial charge in [-0.2, -0.15) is 0 Å². The number of hydrogen-bond acceptors (Lipinski definition) is 1. The summed E-state index contributed by atoms with van der Waals surface area (Å²) in [6, 6.07) is 0. The Balaban J connectivity index is 2.97. The van der Waals surface area contributed by atoms with E-state index in [4.69, 9.17) is 11.6 Å². The van der Waals surface area contributed by atoms with E-state index < -0.39 is 0 Å². The molecule has 0 heterocycles. The smallest absolute Gasteiger partial charge is 0.0149 e. The van der Waals surface area contributed by atoms with Crippen molar-refractivity contribution in [2.24, 2.45) is 0 Å². The van der Waals surface area contributed by atoms with Crippen LogP contribution in [0.4, 0.5) is 0 Å². The van der Waals surface area contributed by atoms with Crippen LogP contribution < -0.4 is 5.32 Å². The van der Waals surface area contributed by atoms with Crippen molar-refractivity contribution in [1.29, 1.82) is 0 Å². The zero-order valence-corrected chi connectivity index (χ0v) is 7.06. The molecule has 0 atom stereocenters. The highest BCUT2D eigenvalue weighted by Gasteiger charge is 1.74. The lowest BCUT2D eigenvalue weighted by molar-refractivity contribution is 0.841. The first-order valence-electron chi connectivity index (χ1n) is 3.52. The van der Waals surface area contributed by atoms with Crippen LogP contribution in [0.15, 0.2) is 23.8 Å². The van der Waals surface area contributed by atoms with E-state index in [9.17, 15) is 0 Å². The van der Waals surface area contributed by atoms with Crippen molar-refractivity contribution in [1.82, 2.24) is 5.32 Å². The van der Waals surface area contributed by atoms with Gasteiger partial charge >= 0.3 is 0 Å². The topological polar surface area (TPSA) is 12.0 Å². The Morgan fingerprint density at radius 3 is 2.50 bits per heavy atom. The SMILES string of the molecule is CC/C=C/CNC/C=C/Cl. The largest absolute Gasteiger partial charge is 0.310 e. The number of halogens is 1. The maximum atomic E-state index is 5.30. The Bertz CT molecular complexity index is 108. The first-order valence-corrected chi connectivity index (χ1v) is 3.96. The van der Waals surface area contributed by atoms with E-state index in [1.54, 1.807) is 0 Å². The molecule has 0 unspecified atom stereocenters. The van der Waals surface area contributed by atoms with Gasteiger partial charge in [-0.15, -0.1) is 0 Å². The van der Waals surface area contributed by atoms with Crippen LogP contribution in [0, 0.1) is 0 Å². The zero-order valence-electron chi connectivity index (χ0n) is 6.31. The van der Waals surface area contributed by atoms with Crippen LogP contribution in [0.5, 0.6) is 0 Å². The van der Waals surface area contributed by atoms with Gasteiger partial charge in [-0.1, -0.05) is 36.8 Å². The molecule has 1 nitrogen and oxygen atoms in total. The molecule has 0 saturated heterocycles. The van der Waals surface area contributed by atoms with Gasteiger partial charge in [-0.05, 0) is 6.42 Å².